The number of ether oxygens (including phenoxy) is 2. The van der Waals surface area contributed by atoms with Gasteiger partial charge >= 0.3 is 6.09 Å². The molecule has 10 nitrogen and oxygen atoms in total. The normalized spacial score (nSPS) is 15.3. The summed E-state index contributed by atoms with van der Waals surface area (Å²) in [5, 5.41) is 6.54. The zero-order valence-electron chi connectivity index (χ0n) is 23.9. The summed E-state index contributed by atoms with van der Waals surface area (Å²) in [7, 11) is 0. The number of hydrogen-bond acceptors (Lipinski definition) is 8. The molecule has 0 unspecified atom stereocenters. The highest BCUT2D eigenvalue weighted by atomic mass is 35.5. The van der Waals surface area contributed by atoms with E-state index in [1.807, 2.05) is 20.8 Å². The van der Waals surface area contributed by atoms with Crippen molar-refractivity contribution < 1.29 is 23.5 Å². The molecule has 0 spiro atoms. The largest absolute Gasteiger partial charge is 0.487 e. The van der Waals surface area contributed by atoms with E-state index in [0.717, 1.165) is 0 Å². The van der Waals surface area contributed by atoms with Crippen LogP contribution in [0, 0.1) is 5.82 Å². The summed E-state index contributed by atoms with van der Waals surface area (Å²) in [6.45, 7) is 9.55. The Bertz CT molecular complexity index is 1470. The van der Waals surface area contributed by atoms with Crippen LogP contribution in [0.15, 0.2) is 42.7 Å². The number of carbonyl (C=O) groups is 2. The van der Waals surface area contributed by atoms with Gasteiger partial charge in [0.15, 0.2) is 11.6 Å². The Balaban J connectivity index is 1.25. The summed E-state index contributed by atoms with van der Waals surface area (Å²) >= 11 is 6.14. The Morgan fingerprint density at radius 1 is 1.12 bits per heavy atom. The van der Waals surface area contributed by atoms with Crippen LogP contribution >= 0.6 is 11.6 Å². The Morgan fingerprint density at radius 2 is 1.90 bits per heavy atom. The summed E-state index contributed by atoms with van der Waals surface area (Å²) in [6.07, 6.45) is 3.21. The van der Waals surface area contributed by atoms with Gasteiger partial charge in [0, 0.05) is 67.1 Å². The molecule has 42 heavy (non-hydrogen) atoms. The molecule has 4 heterocycles. The quantitative estimate of drug-likeness (QED) is 0.395. The van der Waals surface area contributed by atoms with E-state index in [2.05, 4.69) is 25.5 Å². The van der Waals surface area contributed by atoms with Crippen LogP contribution in [-0.4, -0.2) is 83.2 Å². The molecule has 12 heteroatoms. The fourth-order valence-electron chi connectivity index (χ4n) is 4.79. The van der Waals surface area contributed by atoms with Crippen molar-refractivity contribution in [1.29, 1.82) is 0 Å². The van der Waals surface area contributed by atoms with Gasteiger partial charge in [0.1, 0.15) is 18.0 Å². The number of carbonyl (C=O) groups excluding carboxylic acids is 2. The number of rotatable bonds is 6. The van der Waals surface area contributed by atoms with Gasteiger partial charge in [-0.15, -0.1) is 0 Å². The summed E-state index contributed by atoms with van der Waals surface area (Å²) in [5.41, 5.74) is 1.99. The lowest BCUT2D eigenvalue weighted by Gasteiger charge is -2.35. The lowest BCUT2D eigenvalue weighted by atomic mass is 10.0. The first kappa shape index (κ1) is 29.5. The van der Waals surface area contributed by atoms with Gasteiger partial charge in [-0.25, -0.2) is 14.2 Å². The van der Waals surface area contributed by atoms with E-state index in [1.165, 1.54) is 18.2 Å². The molecule has 2 amide bonds. The predicted molar refractivity (Wildman–Crippen MR) is 159 cm³/mol. The maximum Gasteiger partial charge on any atom is 0.410 e. The number of nitrogens with zero attached hydrogens (tertiary/aromatic N) is 4. The molecule has 0 aliphatic carbocycles. The molecule has 1 saturated heterocycles. The topological polar surface area (TPSA) is 109 Å². The lowest BCUT2D eigenvalue weighted by molar-refractivity contribution is -0.116. The first-order valence-corrected chi connectivity index (χ1v) is 14.3. The number of amides is 2. The number of aromatic nitrogens is 2. The van der Waals surface area contributed by atoms with Gasteiger partial charge < -0.3 is 25.0 Å². The zero-order valence-corrected chi connectivity index (χ0v) is 24.6. The van der Waals surface area contributed by atoms with Crippen LogP contribution in [0.1, 0.15) is 27.2 Å². The average molecular weight is 597 g/mol. The summed E-state index contributed by atoms with van der Waals surface area (Å²) in [5.74, 6) is 0.428. The molecule has 2 aromatic heterocycles. The van der Waals surface area contributed by atoms with Crippen molar-refractivity contribution in [3.63, 3.8) is 0 Å². The maximum atomic E-state index is 14.7. The van der Waals surface area contributed by atoms with E-state index >= 15 is 0 Å². The molecule has 2 aliphatic rings. The van der Waals surface area contributed by atoms with E-state index in [-0.39, 0.29) is 24.0 Å². The van der Waals surface area contributed by atoms with Gasteiger partial charge in [0.2, 0.25) is 5.91 Å². The highest BCUT2D eigenvalue weighted by molar-refractivity contribution is 6.30. The van der Waals surface area contributed by atoms with E-state index in [1.54, 1.807) is 29.4 Å². The third-order valence-corrected chi connectivity index (χ3v) is 7.07. The minimum atomic E-state index is -0.532. The second-order valence-electron chi connectivity index (χ2n) is 11.2. The van der Waals surface area contributed by atoms with Crippen LogP contribution in [-0.2, 0) is 9.53 Å². The number of hydrogen-bond donors (Lipinski definition) is 2. The van der Waals surface area contributed by atoms with Crippen molar-refractivity contribution in [3.8, 4) is 28.1 Å². The van der Waals surface area contributed by atoms with E-state index in [0.29, 0.717) is 85.0 Å². The van der Waals surface area contributed by atoms with Crippen LogP contribution in [0.3, 0.4) is 0 Å². The molecule has 2 N–H and O–H groups in total. The molecule has 0 radical (unpaired) electrons. The zero-order chi connectivity index (χ0) is 29.9. The third-order valence-electron chi connectivity index (χ3n) is 6.83. The Labute approximate surface area is 249 Å². The molecule has 3 aromatic rings. The van der Waals surface area contributed by atoms with Crippen molar-refractivity contribution in [2.45, 2.75) is 32.8 Å². The molecule has 0 atom stereocenters. The smallest absolute Gasteiger partial charge is 0.410 e. The highest BCUT2D eigenvalue weighted by Gasteiger charge is 2.26. The Hall–Kier alpha value is -3.96. The number of piperazine rings is 1. The molecule has 1 aromatic carbocycles. The fourth-order valence-corrected chi connectivity index (χ4v) is 4.96. The Kier molecular flexibility index (Phi) is 8.79. The number of halogens is 2. The first-order chi connectivity index (χ1) is 20.1. The van der Waals surface area contributed by atoms with E-state index in [9.17, 15) is 14.0 Å². The van der Waals surface area contributed by atoms with Gasteiger partial charge in [-0.1, -0.05) is 11.6 Å². The van der Waals surface area contributed by atoms with Crippen LogP contribution in [0.25, 0.3) is 22.4 Å². The van der Waals surface area contributed by atoms with Crippen LogP contribution in [0.4, 0.5) is 20.7 Å². The number of nitrogens with one attached hydrogen (secondary N) is 2. The fraction of sp³-hybridized carbons (Fsp3) is 0.400. The molecule has 0 saturated carbocycles. The molecular formula is C30H34ClFN6O4. The number of anilines is 2. The van der Waals surface area contributed by atoms with Gasteiger partial charge in [-0.05, 0) is 51.1 Å². The lowest BCUT2D eigenvalue weighted by Crippen LogP contribution is -2.50. The van der Waals surface area contributed by atoms with Crippen molar-refractivity contribution in [2.75, 3.05) is 56.5 Å². The molecule has 5 rings (SSSR count). The molecule has 222 valence electrons. The highest BCUT2D eigenvalue weighted by Crippen LogP contribution is 2.41. The van der Waals surface area contributed by atoms with Crippen molar-refractivity contribution in [2.24, 2.45) is 0 Å². The molecule has 2 aliphatic heterocycles. The minimum Gasteiger partial charge on any atom is -0.487 e. The summed E-state index contributed by atoms with van der Waals surface area (Å²) in [6, 6.07) is 7.86. The number of benzene rings is 1. The average Bonchev–Trinajstić information content (AvgIpc) is 2.96. The van der Waals surface area contributed by atoms with E-state index in [4.69, 9.17) is 21.1 Å². The van der Waals surface area contributed by atoms with Crippen molar-refractivity contribution in [1.82, 2.24) is 19.8 Å². The Morgan fingerprint density at radius 3 is 2.67 bits per heavy atom. The van der Waals surface area contributed by atoms with Gasteiger partial charge in [-0.2, -0.15) is 0 Å². The van der Waals surface area contributed by atoms with Crippen LogP contribution < -0.4 is 15.4 Å². The van der Waals surface area contributed by atoms with Gasteiger partial charge in [0.05, 0.1) is 24.1 Å². The van der Waals surface area contributed by atoms with Crippen LogP contribution in [0.5, 0.6) is 5.75 Å². The summed E-state index contributed by atoms with van der Waals surface area (Å²) in [4.78, 5) is 37.9. The first-order valence-electron chi connectivity index (χ1n) is 13.9. The molecule has 1 fully saturated rings. The standard InChI is InChI=1S/C30H34ClFN6O4/c1-30(2,3)42-29(40)38-11-9-37(10-12-38)8-6-26(39)35-21-14-19(17-33-18-21)22-16-25(23-15-20(31)4-5-24(23)32)36-28-27(22)41-13-7-34-28/h4-5,14-18H,6-13H2,1-3H3,(H,34,36)(H,35,39). The molecular weight excluding hydrogens is 563 g/mol. The second kappa shape index (κ2) is 12.5. The maximum absolute atomic E-state index is 14.7. The van der Waals surface area contributed by atoms with Gasteiger partial charge in [-0.3, -0.25) is 14.7 Å². The van der Waals surface area contributed by atoms with E-state index < -0.39 is 11.4 Å². The minimum absolute atomic E-state index is 0.153. The predicted octanol–water partition coefficient (Wildman–Crippen LogP) is 5.29. The second-order valence-corrected chi connectivity index (χ2v) is 11.6. The third kappa shape index (κ3) is 7.27. The molecule has 0 bridgehead atoms. The van der Waals surface area contributed by atoms with Crippen molar-refractivity contribution >= 4 is 35.1 Å². The van der Waals surface area contributed by atoms with Crippen LogP contribution in [0.2, 0.25) is 5.02 Å². The monoisotopic (exact) mass is 596 g/mol. The van der Waals surface area contributed by atoms with Crippen molar-refractivity contribution in [3.05, 3.63) is 53.6 Å². The summed E-state index contributed by atoms with van der Waals surface area (Å²) < 4.78 is 26.1. The number of fused-ring (bicyclic) bond motifs is 1. The number of pyridine rings is 2. The SMILES string of the molecule is CC(C)(C)OC(=O)N1CCN(CCC(=O)Nc2cncc(-c3cc(-c4cc(Cl)ccc4F)nc4c3OCCN4)c2)CC1. The van der Waals surface area contributed by atoms with Gasteiger partial charge in [0.25, 0.3) is 0 Å².